The first-order chi connectivity index (χ1) is 9.37. The molecule has 0 radical (unpaired) electrons. The number of thiocarbonyl (C=S) groups is 1. The lowest BCUT2D eigenvalue weighted by Crippen LogP contribution is -2.57. The minimum absolute atomic E-state index is 0.296. The lowest BCUT2D eigenvalue weighted by atomic mass is 9.75. The molecule has 2 N–H and O–H groups in total. The number of aryl methyl sites for hydroxylation is 1. The monoisotopic (exact) mass is 291 g/mol. The molecule has 0 atom stereocenters. The van der Waals surface area contributed by atoms with Crippen LogP contribution in [-0.4, -0.2) is 43.1 Å². The van der Waals surface area contributed by atoms with Gasteiger partial charge in [0.05, 0.1) is 0 Å². The Kier molecular flexibility index (Phi) is 4.35. The fourth-order valence-electron chi connectivity index (χ4n) is 3.22. The number of nitrogens with zero attached hydrogens (tertiary/aromatic N) is 2. The molecule has 0 spiro atoms. The van der Waals surface area contributed by atoms with E-state index in [4.69, 9.17) is 18.0 Å². The van der Waals surface area contributed by atoms with Crippen molar-refractivity contribution in [3.63, 3.8) is 0 Å². The molecule has 1 aromatic carbocycles. The first-order valence-electron chi connectivity index (χ1n) is 7.15. The largest absolute Gasteiger partial charge is 0.389 e. The van der Waals surface area contributed by atoms with Crippen molar-refractivity contribution in [1.29, 1.82) is 0 Å². The Bertz CT molecular complexity index is 506. The summed E-state index contributed by atoms with van der Waals surface area (Å²) in [6.07, 6.45) is 3.85. The van der Waals surface area contributed by atoms with Crippen LogP contribution in [0, 0.1) is 6.92 Å². The van der Waals surface area contributed by atoms with Gasteiger partial charge in [-0.15, -0.1) is 0 Å². The lowest BCUT2D eigenvalue weighted by Gasteiger charge is -2.50. The van der Waals surface area contributed by atoms with Gasteiger partial charge in [-0.2, -0.15) is 0 Å². The zero-order chi connectivity index (χ0) is 14.9. The van der Waals surface area contributed by atoms with Crippen LogP contribution in [0.15, 0.2) is 18.2 Å². The number of nitrogens with two attached hydrogens (primary N) is 1. The number of likely N-dealkylation sites (N-methyl/N-ethyl adjacent to an activating group) is 2. The predicted octanol–water partition coefficient (Wildman–Crippen LogP) is 2.55. The maximum absolute atomic E-state index is 5.89. The van der Waals surface area contributed by atoms with E-state index in [0.29, 0.717) is 10.5 Å². The summed E-state index contributed by atoms with van der Waals surface area (Å²) < 4.78 is 0. The fourth-order valence-corrected chi connectivity index (χ4v) is 3.38. The third-order valence-corrected chi connectivity index (χ3v) is 4.87. The van der Waals surface area contributed by atoms with Gasteiger partial charge in [0.1, 0.15) is 4.99 Å². The zero-order valence-electron chi connectivity index (χ0n) is 12.9. The molecule has 4 heteroatoms. The van der Waals surface area contributed by atoms with Gasteiger partial charge < -0.3 is 15.5 Å². The van der Waals surface area contributed by atoms with Gasteiger partial charge in [0.15, 0.2) is 0 Å². The van der Waals surface area contributed by atoms with Gasteiger partial charge in [0.25, 0.3) is 0 Å². The van der Waals surface area contributed by atoms with Crippen molar-refractivity contribution in [2.45, 2.75) is 31.7 Å². The summed E-state index contributed by atoms with van der Waals surface area (Å²) in [6.45, 7) is 3.14. The van der Waals surface area contributed by atoms with Crippen LogP contribution >= 0.6 is 12.2 Å². The quantitative estimate of drug-likeness (QED) is 0.845. The van der Waals surface area contributed by atoms with Gasteiger partial charge in [-0.25, -0.2) is 0 Å². The fraction of sp³-hybridized carbons (Fsp3) is 0.562. The molecule has 1 aromatic rings. The van der Waals surface area contributed by atoms with E-state index in [2.05, 4.69) is 43.9 Å². The maximum atomic E-state index is 5.89. The van der Waals surface area contributed by atoms with E-state index in [1.54, 1.807) is 0 Å². The molecule has 0 saturated heterocycles. The lowest BCUT2D eigenvalue weighted by molar-refractivity contribution is 0.0683. The number of anilines is 1. The van der Waals surface area contributed by atoms with Crippen LogP contribution in [0.3, 0.4) is 0 Å². The van der Waals surface area contributed by atoms with Crippen molar-refractivity contribution in [1.82, 2.24) is 4.90 Å². The van der Waals surface area contributed by atoms with Crippen LogP contribution in [0.1, 0.15) is 30.4 Å². The third kappa shape index (κ3) is 2.67. The molecule has 1 aliphatic rings. The van der Waals surface area contributed by atoms with E-state index >= 15 is 0 Å². The van der Waals surface area contributed by atoms with Gasteiger partial charge >= 0.3 is 0 Å². The molecule has 110 valence electrons. The molecule has 1 saturated carbocycles. The van der Waals surface area contributed by atoms with Crippen LogP contribution in [0.2, 0.25) is 0 Å². The Labute approximate surface area is 127 Å². The predicted molar refractivity (Wildman–Crippen MR) is 90.6 cm³/mol. The number of para-hydroxylation sites is 1. The minimum atomic E-state index is 0.296. The maximum Gasteiger partial charge on any atom is 0.106 e. The van der Waals surface area contributed by atoms with Crippen molar-refractivity contribution >= 4 is 22.9 Å². The van der Waals surface area contributed by atoms with Gasteiger partial charge in [0, 0.05) is 30.4 Å². The Morgan fingerprint density at radius 2 is 1.95 bits per heavy atom. The highest BCUT2D eigenvalue weighted by molar-refractivity contribution is 7.80. The first-order valence-corrected chi connectivity index (χ1v) is 7.56. The standard InChI is InChI=1S/C16H25N3S/c1-12-7-5-8-13(15(17)20)14(12)19(4)11-16(18(2)3)9-6-10-16/h5,7-8H,6,9-11H2,1-4H3,(H2,17,20). The molecule has 20 heavy (non-hydrogen) atoms. The second kappa shape index (κ2) is 5.70. The van der Waals surface area contributed by atoms with Crippen molar-refractivity contribution < 1.29 is 0 Å². The van der Waals surface area contributed by atoms with Gasteiger partial charge in [0.2, 0.25) is 0 Å². The summed E-state index contributed by atoms with van der Waals surface area (Å²) in [5.41, 5.74) is 9.57. The number of benzene rings is 1. The molecule has 0 aromatic heterocycles. The second-order valence-corrected chi connectivity index (χ2v) is 6.60. The zero-order valence-corrected chi connectivity index (χ0v) is 13.8. The van der Waals surface area contributed by atoms with E-state index < -0.39 is 0 Å². The van der Waals surface area contributed by atoms with Gasteiger partial charge in [-0.1, -0.05) is 24.4 Å². The summed E-state index contributed by atoms with van der Waals surface area (Å²) in [7, 11) is 6.51. The van der Waals surface area contributed by atoms with Crippen LogP contribution in [0.25, 0.3) is 0 Å². The topological polar surface area (TPSA) is 32.5 Å². The van der Waals surface area contributed by atoms with Gasteiger partial charge in [-0.05, 0) is 51.9 Å². The normalized spacial score (nSPS) is 16.9. The Morgan fingerprint density at radius 1 is 1.30 bits per heavy atom. The Hall–Kier alpha value is -1.13. The highest BCUT2D eigenvalue weighted by Gasteiger charge is 2.40. The SMILES string of the molecule is Cc1cccc(C(N)=S)c1N(C)CC1(N(C)C)CCC1. The highest BCUT2D eigenvalue weighted by Crippen LogP contribution is 2.38. The molecule has 0 bridgehead atoms. The summed E-state index contributed by atoms with van der Waals surface area (Å²) in [5.74, 6) is 0. The van der Waals surface area contributed by atoms with E-state index in [-0.39, 0.29) is 0 Å². The molecule has 0 amide bonds. The summed E-state index contributed by atoms with van der Waals surface area (Å²) in [4.78, 5) is 5.16. The summed E-state index contributed by atoms with van der Waals surface area (Å²) in [5, 5.41) is 0. The van der Waals surface area contributed by atoms with Crippen molar-refractivity contribution in [2.75, 3.05) is 32.6 Å². The van der Waals surface area contributed by atoms with E-state index in [1.165, 1.54) is 30.5 Å². The Morgan fingerprint density at radius 3 is 2.40 bits per heavy atom. The number of hydrogen-bond donors (Lipinski definition) is 1. The molecular formula is C16H25N3S. The van der Waals surface area contributed by atoms with Gasteiger partial charge in [-0.3, -0.25) is 0 Å². The smallest absolute Gasteiger partial charge is 0.106 e. The van der Waals surface area contributed by atoms with E-state index in [0.717, 1.165) is 12.1 Å². The van der Waals surface area contributed by atoms with Crippen molar-refractivity contribution in [2.24, 2.45) is 5.73 Å². The van der Waals surface area contributed by atoms with E-state index in [9.17, 15) is 0 Å². The highest BCUT2D eigenvalue weighted by atomic mass is 32.1. The minimum Gasteiger partial charge on any atom is -0.389 e. The number of rotatable bonds is 5. The third-order valence-electron chi connectivity index (χ3n) is 4.65. The number of hydrogen-bond acceptors (Lipinski definition) is 3. The Balaban J connectivity index is 2.30. The first kappa shape index (κ1) is 15.3. The second-order valence-electron chi connectivity index (χ2n) is 6.16. The van der Waals surface area contributed by atoms with Crippen LogP contribution < -0.4 is 10.6 Å². The molecule has 3 nitrogen and oxygen atoms in total. The molecule has 2 rings (SSSR count). The molecule has 1 aliphatic carbocycles. The summed E-state index contributed by atoms with van der Waals surface area (Å²) in [6, 6.07) is 6.16. The molecule has 0 unspecified atom stereocenters. The molecule has 0 aliphatic heterocycles. The molecule has 0 heterocycles. The van der Waals surface area contributed by atoms with Crippen LogP contribution in [0.4, 0.5) is 5.69 Å². The van der Waals surface area contributed by atoms with Crippen LogP contribution in [0.5, 0.6) is 0 Å². The van der Waals surface area contributed by atoms with Crippen LogP contribution in [-0.2, 0) is 0 Å². The van der Waals surface area contributed by atoms with Crippen molar-refractivity contribution in [3.05, 3.63) is 29.3 Å². The average molecular weight is 291 g/mol. The van der Waals surface area contributed by atoms with Crippen molar-refractivity contribution in [3.8, 4) is 0 Å². The van der Waals surface area contributed by atoms with E-state index in [1.807, 2.05) is 12.1 Å². The molecule has 1 fully saturated rings. The molecular weight excluding hydrogens is 266 g/mol. The average Bonchev–Trinajstić information content (AvgIpc) is 2.32. The summed E-state index contributed by atoms with van der Waals surface area (Å²) >= 11 is 5.20.